The molecule has 86 valence electrons. The van der Waals surface area contributed by atoms with Gasteiger partial charge in [0.1, 0.15) is 5.82 Å². The van der Waals surface area contributed by atoms with Gasteiger partial charge in [-0.2, -0.15) is 0 Å². The third kappa shape index (κ3) is 2.61. The van der Waals surface area contributed by atoms with Crippen LogP contribution >= 0.6 is 15.9 Å². The number of hydrogen-bond acceptors (Lipinski definition) is 1. The van der Waals surface area contributed by atoms with E-state index in [-0.39, 0.29) is 18.2 Å². The van der Waals surface area contributed by atoms with Gasteiger partial charge in [0.2, 0.25) is 0 Å². The van der Waals surface area contributed by atoms with Gasteiger partial charge in [0.05, 0.1) is 10.9 Å². The van der Waals surface area contributed by atoms with Crippen LogP contribution in [0.2, 0.25) is 0 Å². The van der Waals surface area contributed by atoms with Crippen LogP contribution in [-0.2, 0) is 4.79 Å². The van der Waals surface area contributed by atoms with Gasteiger partial charge in [-0.25, -0.2) is 4.39 Å². The fourth-order valence-electron chi connectivity index (χ4n) is 1.99. The van der Waals surface area contributed by atoms with E-state index in [1.807, 2.05) is 0 Å². The normalized spacial score (nSPS) is 17.1. The van der Waals surface area contributed by atoms with Crippen LogP contribution in [0.3, 0.4) is 0 Å². The van der Waals surface area contributed by atoms with Crippen molar-refractivity contribution < 1.29 is 14.3 Å². The first-order chi connectivity index (χ1) is 7.58. The predicted octanol–water partition coefficient (Wildman–Crippen LogP) is 3.56. The first kappa shape index (κ1) is 11.6. The Labute approximate surface area is 102 Å². The average molecular weight is 287 g/mol. The third-order valence-corrected chi connectivity index (χ3v) is 3.60. The molecule has 0 saturated heterocycles. The van der Waals surface area contributed by atoms with Crippen molar-refractivity contribution in [3.05, 3.63) is 34.1 Å². The second kappa shape index (κ2) is 4.53. The van der Waals surface area contributed by atoms with E-state index in [0.717, 1.165) is 18.4 Å². The van der Waals surface area contributed by atoms with E-state index in [4.69, 9.17) is 5.11 Å². The molecule has 0 aromatic heterocycles. The van der Waals surface area contributed by atoms with Crippen LogP contribution in [0.4, 0.5) is 4.39 Å². The minimum absolute atomic E-state index is 0.0416. The standard InChI is InChI=1S/C12H12BrFO2/c13-10-4-3-8(5-11(10)14)9(6-12(15)16)7-1-2-7/h3-5,7,9H,1-2,6H2,(H,15,16). The zero-order valence-corrected chi connectivity index (χ0v) is 10.2. The molecular weight excluding hydrogens is 275 g/mol. The molecule has 1 fully saturated rings. The molecule has 0 bridgehead atoms. The molecule has 1 atom stereocenters. The number of halogens is 2. The summed E-state index contributed by atoms with van der Waals surface area (Å²) in [6, 6.07) is 4.89. The lowest BCUT2D eigenvalue weighted by Gasteiger charge is -2.14. The number of carboxylic acids is 1. The van der Waals surface area contributed by atoms with E-state index in [1.165, 1.54) is 6.07 Å². The zero-order valence-electron chi connectivity index (χ0n) is 8.62. The maximum atomic E-state index is 13.4. The quantitative estimate of drug-likeness (QED) is 0.919. The minimum atomic E-state index is -0.819. The summed E-state index contributed by atoms with van der Waals surface area (Å²) in [6.07, 6.45) is 2.19. The highest BCUT2D eigenvalue weighted by molar-refractivity contribution is 9.10. The van der Waals surface area contributed by atoms with E-state index in [2.05, 4.69) is 15.9 Å². The second-order valence-corrected chi connectivity index (χ2v) is 5.07. The summed E-state index contributed by atoms with van der Waals surface area (Å²) < 4.78 is 13.8. The summed E-state index contributed by atoms with van der Waals surface area (Å²) in [4.78, 5) is 10.8. The molecule has 4 heteroatoms. The number of rotatable bonds is 4. The van der Waals surface area contributed by atoms with Crippen LogP contribution in [0.5, 0.6) is 0 Å². The number of aliphatic carboxylic acids is 1. The smallest absolute Gasteiger partial charge is 0.303 e. The van der Waals surface area contributed by atoms with Gasteiger partial charge in [0.15, 0.2) is 0 Å². The molecule has 0 aliphatic heterocycles. The van der Waals surface area contributed by atoms with Gasteiger partial charge in [-0.3, -0.25) is 4.79 Å². The first-order valence-electron chi connectivity index (χ1n) is 5.24. The van der Waals surface area contributed by atoms with Gasteiger partial charge >= 0.3 is 5.97 Å². The van der Waals surface area contributed by atoms with Gasteiger partial charge in [-0.1, -0.05) is 6.07 Å². The van der Waals surface area contributed by atoms with Gasteiger partial charge in [0.25, 0.3) is 0 Å². The van der Waals surface area contributed by atoms with Crippen LogP contribution in [0.25, 0.3) is 0 Å². The minimum Gasteiger partial charge on any atom is -0.481 e. The van der Waals surface area contributed by atoms with Crippen LogP contribution in [0.1, 0.15) is 30.7 Å². The molecule has 0 heterocycles. The Bertz CT molecular complexity index is 415. The maximum Gasteiger partial charge on any atom is 0.303 e. The maximum absolute atomic E-state index is 13.4. The Morgan fingerprint density at radius 3 is 2.75 bits per heavy atom. The molecule has 0 spiro atoms. The largest absolute Gasteiger partial charge is 0.481 e. The summed E-state index contributed by atoms with van der Waals surface area (Å²) in [7, 11) is 0. The lowest BCUT2D eigenvalue weighted by molar-refractivity contribution is -0.137. The lowest BCUT2D eigenvalue weighted by atomic mass is 9.91. The Balaban J connectivity index is 2.24. The zero-order chi connectivity index (χ0) is 11.7. The Morgan fingerprint density at radius 2 is 2.25 bits per heavy atom. The molecule has 1 N–H and O–H groups in total. The van der Waals surface area contributed by atoms with Crippen molar-refractivity contribution in [3.63, 3.8) is 0 Å². The number of carbonyl (C=O) groups is 1. The van der Waals surface area contributed by atoms with Crippen molar-refractivity contribution in [1.82, 2.24) is 0 Å². The van der Waals surface area contributed by atoms with E-state index in [9.17, 15) is 9.18 Å². The molecule has 1 aliphatic rings. The van der Waals surface area contributed by atoms with Gasteiger partial charge in [-0.05, 0) is 58.3 Å². The van der Waals surface area contributed by atoms with E-state index in [0.29, 0.717) is 10.4 Å². The highest BCUT2D eigenvalue weighted by Crippen LogP contribution is 2.44. The molecule has 16 heavy (non-hydrogen) atoms. The van der Waals surface area contributed by atoms with E-state index in [1.54, 1.807) is 12.1 Å². The van der Waals surface area contributed by atoms with Crippen LogP contribution in [0, 0.1) is 11.7 Å². The molecule has 1 aromatic rings. The highest BCUT2D eigenvalue weighted by atomic mass is 79.9. The fraction of sp³-hybridized carbons (Fsp3) is 0.417. The second-order valence-electron chi connectivity index (χ2n) is 4.22. The van der Waals surface area contributed by atoms with Crippen LogP contribution in [-0.4, -0.2) is 11.1 Å². The molecule has 1 aliphatic carbocycles. The number of carboxylic acid groups (broad SMARTS) is 1. The van der Waals surface area contributed by atoms with Crippen molar-refractivity contribution >= 4 is 21.9 Å². The summed E-state index contributed by atoms with van der Waals surface area (Å²) in [5.74, 6) is -0.773. The van der Waals surface area contributed by atoms with Crippen molar-refractivity contribution in [2.45, 2.75) is 25.2 Å². The highest BCUT2D eigenvalue weighted by Gasteiger charge is 2.33. The fourth-order valence-corrected chi connectivity index (χ4v) is 2.23. The number of hydrogen-bond donors (Lipinski definition) is 1. The number of benzene rings is 1. The molecule has 2 nitrogen and oxygen atoms in total. The van der Waals surface area contributed by atoms with E-state index < -0.39 is 5.97 Å². The Kier molecular flexibility index (Phi) is 3.28. The average Bonchev–Trinajstić information content (AvgIpc) is 3.02. The van der Waals surface area contributed by atoms with Crippen molar-refractivity contribution in [2.24, 2.45) is 5.92 Å². The van der Waals surface area contributed by atoms with Gasteiger partial charge in [0, 0.05) is 0 Å². The van der Waals surface area contributed by atoms with Gasteiger partial charge in [-0.15, -0.1) is 0 Å². The third-order valence-electron chi connectivity index (χ3n) is 2.96. The predicted molar refractivity (Wildman–Crippen MR) is 61.8 cm³/mol. The Morgan fingerprint density at radius 1 is 1.56 bits per heavy atom. The molecule has 0 radical (unpaired) electrons. The summed E-state index contributed by atoms with van der Waals surface area (Å²) in [6.45, 7) is 0. The molecule has 1 aromatic carbocycles. The van der Waals surface area contributed by atoms with Crippen LogP contribution in [0.15, 0.2) is 22.7 Å². The monoisotopic (exact) mass is 286 g/mol. The van der Waals surface area contributed by atoms with Crippen LogP contribution < -0.4 is 0 Å². The SMILES string of the molecule is O=C(O)CC(c1ccc(Br)c(F)c1)C1CC1. The van der Waals surface area contributed by atoms with Crippen molar-refractivity contribution in [3.8, 4) is 0 Å². The molecule has 2 rings (SSSR count). The molecule has 0 amide bonds. The van der Waals surface area contributed by atoms with Gasteiger partial charge < -0.3 is 5.11 Å². The lowest BCUT2D eigenvalue weighted by Crippen LogP contribution is -2.08. The van der Waals surface area contributed by atoms with E-state index >= 15 is 0 Å². The molecule has 1 unspecified atom stereocenters. The topological polar surface area (TPSA) is 37.3 Å². The summed E-state index contributed by atoms with van der Waals surface area (Å²) in [5.41, 5.74) is 0.797. The van der Waals surface area contributed by atoms with Crippen molar-refractivity contribution in [1.29, 1.82) is 0 Å². The summed E-state index contributed by atoms with van der Waals surface area (Å²) in [5, 5.41) is 8.84. The molecular formula is C12H12BrFO2. The first-order valence-corrected chi connectivity index (χ1v) is 6.04. The van der Waals surface area contributed by atoms with Crippen molar-refractivity contribution in [2.75, 3.05) is 0 Å². The Hall–Kier alpha value is -0.900. The summed E-state index contributed by atoms with van der Waals surface area (Å²) >= 11 is 3.09. The molecule has 1 saturated carbocycles.